The average molecular weight is 470 g/mol. The van der Waals surface area contributed by atoms with Gasteiger partial charge in [0, 0.05) is 42.9 Å². The van der Waals surface area contributed by atoms with E-state index in [9.17, 15) is 9.90 Å². The summed E-state index contributed by atoms with van der Waals surface area (Å²) in [7, 11) is 0. The van der Waals surface area contributed by atoms with E-state index in [2.05, 4.69) is 32.7 Å². The summed E-state index contributed by atoms with van der Waals surface area (Å²) >= 11 is 6.04. The van der Waals surface area contributed by atoms with Crippen molar-refractivity contribution in [2.75, 3.05) is 44.3 Å². The molecule has 0 saturated carbocycles. The van der Waals surface area contributed by atoms with Crippen molar-refractivity contribution < 1.29 is 14.6 Å². The number of nitrogens with zero attached hydrogens (tertiary/aromatic N) is 2. The van der Waals surface area contributed by atoms with Gasteiger partial charge in [-0.25, -0.2) is 4.98 Å². The average Bonchev–Trinajstić information content (AvgIpc) is 3.41. The lowest BCUT2D eigenvalue weighted by atomic mass is 10.0. The molecule has 8 nitrogen and oxygen atoms in total. The fraction of sp³-hybridized carbons (Fsp3) is 0.417. The van der Waals surface area contributed by atoms with Gasteiger partial charge >= 0.3 is 0 Å². The minimum absolute atomic E-state index is 0.0742. The molecule has 174 valence electrons. The fourth-order valence-electron chi connectivity index (χ4n) is 4.66. The smallest absolute Gasteiger partial charge is 0.232 e. The molecule has 2 aromatic carbocycles. The molecule has 0 aliphatic carbocycles. The largest absolute Gasteiger partial charge is 0.387 e. The quantitative estimate of drug-likeness (QED) is 0.441. The van der Waals surface area contributed by atoms with Crippen LogP contribution in [0, 0.1) is 6.92 Å². The van der Waals surface area contributed by atoms with Gasteiger partial charge in [-0.1, -0.05) is 23.7 Å². The molecule has 3 atom stereocenters. The van der Waals surface area contributed by atoms with Crippen molar-refractivity contribution in [1.29, 1.82) is 0 Å². The highest BCUT2D eigenvalue weighted by Crippen LogP contribution is 2.29. The number of halogens is 1. The molecule has 0 spiro atoms. The number of morpholine rings is 1. The summed E-state index contributed by atoms with van der Waals surface area (Å²) < 4.78 is 5.47. The zero-order valence-electron chi connectivity index (χ0n) is 18.5. The van der Waals surface area contributed by atoms with Crippen LogP contribution in [0.25, 0.3) is 11.0 Å². The number of anilines is 1. The van der Waals surface area contributed by atoms with Crippen LogP contribution < -0.4 is 15.5 Å². The maximum absolute atomic E-state index is 12.7. The zero-order valence-corrected chi connectivity index (χ0v) is 19.2. The number of fused-ring (bicyclic) bond motifs is 1. The number of aliphatic hydroxyl groups excluding tert-OH is 1. The third-order valence-corrected chi connectivity index (χ3v) is 6.67. The number of aromatic amines is 1. The van der Waals surface area contributed by atoms with Gasteiger partial charge in [0.05, 0.1) is 30.4 Å². The number of rotatable bonds is 6. The Labute approximate surface area is 197 Å². The molecule has 2 aliphatic rings. The first-order valence-corrected chi connectivity index (χ1v) is 11.6. The van der Waals surface area contributed by atoms with Gasteiger partial charge in [-0.3, -0.25) is 4.79 Å². The molecule has 0 radical (unpaired) electrons. The third-order valence-electron chi connectivity index (χ3n) is 6.44. The maximum Gasteiger partial charge on any atom is 0.232 e. The van der Waals surface area contributed by atoms with E-state index in [0.29, 0.717) is 23.9 Å². The predicted molar refractivity (Wildman–Crippen MR) is 128 cm³/mol. The lowest BCUT2D eigenvalue weighted by Gasteiger charge is -2.29. The van der Waals surface area contributed by atoms with Gasteiger partial charge in [0.2, 0.25) is 5.91 Å². The molecule has 4 N–H and O–H groups in total. The number of nitrogens with one attached hydrogen (secondary N) is 3. The summed E-state index contributed by atoms with van der Waals surface area (Å²) in [6.45, 7) is 5.99. The van der Waals surface area contributed by atoms with Gasteiger partial charge < -0.3 is 30.4 Å². The lowest BCUT2D eigenvalue weighted by molar-refractivity contribution is -0.120. The van der Waals surface area contributed by atoms with E-state index in [4.69, 9.17) is 21.3 Å². The molecule has 9 heteroatoms. The van der Waals surface area contributed by atoms with Crippen LogP contribution in [0.15, 0.2) is 36.4 Å². The van der Waals surface area contributed by atoms with Crippen molar-refractivity contribution in [2.24, 2.45) is 0 Å². The number of carbonyl (C=O) groups excluding carboxylic acids is 1. The second-order valence-electron chi connectivity index (χ2n) is 8.69. The number of aryl methyl sites for hydroxylation is 1. The molecular formula is C24H28ClN5O3. The van der Waals surface area contributed by atoms with Crippen LogP contribution in [-0.2, 0) is 9.53 Å². The van der Waals surface area contributed by atoms with Crippen molar-refractivity contribution in [3.8, 4) is 0 Å². The van der Waals surface area contributed by atoms with E-state index >= 15 is 0 Å². The predicted octanol–water partition coefficient (Wildman–Crippen LogP) is 2.27. The monoisotopic (exact) mass is 469 g/mol. The van der Waals surface area contributed by atoms with Crippen molar-refractivity contribution in [1.82, 2.24) is 20.6 Å². The Morgan fingerprint density at radius 1 is 1.30 bits per heavy atom. The van der Waals surface area contributed by atoms with E-state index in [1.165, 1.54) is 0 Å². The van der Waals surface area contributed by atoms with Crippen LogP contribution in [0.1, 0.15) is 29.0 Å². The molecule has 3 aromatic rings. The Bertz CT molecular complexity index is 1160. The van der Waals surface area contributed by atoms with Crippen LogP contribution in [0.5, 0.6) is 0 Å². The van der Waals surface area contributed by atoms with Crippen molar-refractivity contribution in [3.63, 3.8) is 0 Å². The number of imidazole rings is 1. The summed E-state index contributed by atoms with van der Waals surface area (Å²) in [4.78, 5) is 23.2. The highest BCUT2D eigenvalue weighted by atomic mass is 35.5. The van der Waals surface area contributed by atoms with E-state index in [1.54, 1.807) is 12.1 Å². The second-order valence-corrected chi connectivity index (χ2v) is 9.13. The molecule has 2 unspecified atom stereocenters. The summed E-state index contributed by atoms with van der Waals surface area (Å²) in [5.74, 6) is 0.0991. The number of hydrogen-bond donors (Lipinski definition) is 4. The van der Waals surface area contributed by atoms with Crippen molar-refractivity contribution >= 4 is 34.2 Å². The highest BCUT2D eigenvalue weighted by molar-refractivity contribution is 6.30. The molecule has 1 aromatic heterocycles. The van der Waals surface area contributed by atoms with Gasteiger partial charge in [-0.05, 0) is 42.3 Å². The maximum atomic E-state index is 12.7. The number of ether oxygens (including phenoxy) is 1. The first-order valence-electron chi connectivity index (χ1n) is 11.3. The Balaban J connectivity index is 1.35. The number of aliphatic hydroxyl groups is 1. The van der Waals surface area contributed by atoms with Gasteiger partial charge in [0.15, 0.2) is 0 Å². The molecule has 3 heterocycles. The zero-order chi connectivity index (χ0) is 22.9. The molecule has 2 aliphatic heterocycles. The van der Waals surface area contributed by atoms with Crippen molar-refractivity contribution in [2.45, 2.75) is 25.0 Å². The molecular weight excluding hydrogens is 442 g/mol. The molecule has 2 saturated heterocycles. The van der Waals surface area contributed by atoms with Crippen molar-refractivity contribution in [3.05, 3.63) is 58.4 Å². The molecule has 5 rings (SSSR count). The van der Waals surface area contributed by atoms with Crippen LogP contribution in [0.4, 0.5) is 5.69 Å². The second kappa shape index (κ2) is 9.30. The van der Waals surface area contributed by atoms with E-state index in [1.807, 2.05) is 19.1 Å². The van der Waals surface area contributed by atoms with Crippen LogP contribution in [0.3, 0.4) is 0 Å². The lowest BCUT2D eigenvalue weighted by Crippen LogP contribution is -2.38. The van der Waals surface area contributed by atoms with Gasteiger partial charge in [-0.2, -0.15) is 0 Å². The van der Waals surface area contributed by atoms with E-state index < -0.39 is 12.0 Å². The Hall–Kier alpha value is -2.65. The molecule has 1 amide bonds. The number of carbonyl (C=O) groups is 1. The summed E-state index contributed by atoms with van der Waals surface area (Å²) in [5, 5.41) is 17.4. The molecule has 0 bridgehead atoms. The fourth-order valence-corrected chi connectivity index (χ4v) is 4.86. The normalized spacial score (nSPS) is 22.0. The summed E-state index contributed by atoms with van der Waals surface area (Å²) in [6.07, 6.45) is -0.728. The number of aromatic nitrogens is 2. The first kappa shape index (κ1) is 22.2. The Morgan fingerprint density at radius 2 is 2.12 bits per heavy atom. The number of amides is 1. The number of hydrogen-bond acceptors (Lipinski definition) is 6. The Morgan fingerprint density at radius 3 is 2.91 bits per heavy atom. The van der Waals surface area contributed by atoms with Gasteiger partial charge in [0.1, 0.15) is 11.7 Å². The van der Waals surface area contributed by atoms with Crippen LogP contribution in [-0.4, -0.2) is 66.4 Å². The highest BCUT2D eigenvalue weighted by Gasteiger charge is 2.38. The Kier molecular flexibility index (Phi) is 6.25. The number of H-pyrrole nitrogens is 1. The first-order chi connectivity index (χ1) is 16.0. The SMILES string of the molecule is Cc1cc(N2CCOCC2)cc2[nH]c(C3C(=O)NCC3NC[C@@H](O)c3cccc(Cl)c3)nc12. The molecule has 33 heavy (non-hydrogen) atoms. The summed E-state index contributed by atoms with van der Waals surface area (Å²) in [5.41, 5.74) is 4.73. The summed E-state index contributed by atoms with van der Waals surface area (Å²) in [6, 6.07) is 11.2. The van der Waals surface area contributed by atoms with E-state index in [-0.39, 0.29) is 11.9 Å². The molecule has 2 fully saturated rings. The minimum atomic E-state index is -0.728. The van der Waals surface area contributed by atoms with Crippen LogP contribution >= 0.6 is 11.6 Å². The minimum Gasteiger partial charge on any atom is -0.387 e. The topological polar surface area (TPSA) is 103 Å². The third kappa shape index (κ3) is 4.56. The van der Waals surface area contributed by atoms with Gasteiger partial charge in [0.25, 0.3) is 0 Å². The van der Waals surface area contributed by atoms with Gasteiger partial charge in [-0.15, -0.1) is 0 Å². The standard InChI is InChI=1S/C24H28ClN5O3/c1-14-9-17(30-5-7-33-8-6-30)11-18-22(14)29-23(28-18)21-19(12-27-24(21)32)26-13-20(31)15-3-2-4-16(25)10-15/h2-4,9-11,19-21,26,31H,5-8,12-13H2,1H3,(H,27,32)(H,28,29)/t19?,20-,21?/m1/s1. The van der Waals surface area contributed by atoms with E-state index in [0.717, 1.165) is 54.2 Å². The number of benzene rings is 2. The van der Waals surface area contributed by atoms with Crippen LogP contribution in [0.2, 0.25) is 5.02 Å².